The van der Waals surface area contributed by atoms with Crippen LogP contribution in [0, 0.1) is 3.57 Å². The van der Waals surface area contributed by atoms with Gasteiger partial charge in [0.15, 0.2) is 0 Å². The first-order valence-electron chi connectivity index (χ1n) is 21.1. The number of fused-ring (bicyclic) bond motifs is 2. The van der Waals surface area contributed by atoms with E-state index in [2.05, 4.69) is 137 Å². The molecule has 2 heteroatoms. The van der Waals surface area contributed by atoms with Crippen LogP contribution in [0.4, 0.5) is 0 Å². The molecule has 0 atom stereocenters. The number of unbranched alkanes of at least 4 members (excludes halogenated alkanes) is 18. The summed E-state index contributed by atoms with van der Waals surface area (Å²) in [5, 5.41) is 5.48. The minimum Gasteiger partial charge on any atom is -0.0654 e. The van der Waals surface area contributed by atoms with Gasteiger partial charge < -0.3 is 0 Å². The fourth-order valence-electron chi connectivity index (χ4n) is 8.26. The predicted molar refractivity (Wildman–Crippen MR) is 244 cm³/mol. The van der Waals surface area contributed by atoms with Crippen molar-refractivity contribution < 1.29 is 0 Å². The second kappa shape index (κ2) is 22.9. The van der Waals surface area contributed by atoms with Crippen LogP contribution in [0.1, 0.15) is 153 Å². The lowest BCUT2D eigenvalue weighted by Gasteiger charge is -2.21. The highest BCUT2D eigenvalue weighted by Gasteiger charge is 2.20. The summed E-state index contributed by atoms with van der Waals surface area (Å²) in [5.74, 6) is 0. The van der Waals surface area contributed by atoms with E-state index < -0.39 is 0 Å². The van der Waals surface area contributed by atoms with Crippen molar-refractivity contribution >= 4 is 60.1 Å². The van der Waals surface area contributed by atoms with Crippen LogP contribution in [0.15, 0.2) is 89.4 Å². The molecule has 0 aliphatic rings. The number of benzene rings is 5. The number of aryl methyl sites for hydroxylation is 2. The normalized spacial score (nSPS) is 11.6. The Morgan fingerprint density at radius 1 is 0.404 bits per heavy atom. The first kappa shape index (κ1) is 41.0. The third kappa shape index (κ3) is 11.9. The quantitative estimate of drug-likeness (QED) is 0.0329. The Bertz CT molecular complexity index is 1640. The van der Waals surface area contributed by atoms with Crippen LogP contribution in [0.2, 0.25) is 0 Å². The maximum absolute atomic E-state index is 3.93. The zero-order valence-electron chi connectivity index (χ0n) is 32.4. The van der Waals surface area contributed by atoms with E-state index in [0.29, 0.717) is 0 Å². The van der Waals surface area contributed by atoms with E-state index in [1.807, 2.05) is 0 Å². The fraction of sp³-hybridized carbons (Fsp3) is 0.480. The number of hydrogen-bond acceptors (Lipinski definition) is 0. The maximum atomic E-state index is 3.93. The molecule has 0 saturated carbocycles. The Morgan fingerprint density at radius 2 is 0.731 bits per heavy atom. The van der Waals surface area contributed by atoms with Gasteiger partial charge in [-0.05, 0) is 131 Å². The monoisotopic (exact) mass is 870 g/mol. The van der Waals surface area contributed by atoms with Gasteiger partial charge in [0, 0.05) is 8.04 Å². The van der Waals surface area contributed by atoms with Crippen molar-refractivity contribution in [3.05, 3.63) is 104 Å². The Hall–Kier alpha value is -2.17. The molecule has 0 fully saturated rings. The molecule has 0 nitrogen and oxygen atoms in total. The van der Waals surface area contributed by atoms with Crippen molar-refractivity contribution in [3.8, 4) is 22.3 Å². The summed E-state index contributed by atoms with van der Waals surface area (Å²) >= 11 is 6.42. The van der Waals surface area contributed by atoms with Gasteiger partial charge in [0.25, 0.3) is 0 Å². The Morgan fingerprint density at radius 3 is 1.12 bits per heavy atom. The second-order valence-corrected chi connectivity index (χ2v) is 17.3. The molecule has 0 amide bonds. The lowest BCUT2D eigenvalue weighted by Crippen LogP contribution is -1.99. The molecule has 0 aromatic heterocycles. The summed E-state index contributed by atoms with van der Waals surface area (Å²) in [6, 6.07) is 32.4. The van der Waals surface area contributed by atoms with Crippen molar-refractivity contribution in [2.75, 3.05) is 0 Å². The van der Waals surface area contributed by atoms with Crippen molar-refractivity contribution in [1.82, 2.24) is 0 Å². The molecule has 0 unspecified atom stereocenters. The van der Waals surface area contributed by atoms with Gasteiger partial charge >= 0.3 is 0 Å². The standard InChI is InChI=1S/C50H64BrI/c1-3-5-7-9-11-13-15-17-19-23-33-41-35-43-44(36-42(41)34-24-20-18-16-14-12-10-8-6-4-2)50(40-31-27-22-28-32-40)46-38-48(52)47(51)37-45(46)49(43)39-29-25-21-26-30-39/h21-22,25-32,35-38H,3-20,23-24,33-34H2,1-2H3. The molecule has 0 N–H and O–H groups in total. The van der Waals surface area contributed by atoms with Gasteiger partial charge in [-0.25, -0.2) is 0 Å². The highest BCUT2D eigenvalue weighted by molar-refractivity contribution is 14.1. The van der Waals surface area contributed by atoms with E-state index in [9.17, 15) is 0 Å². The molecule has 0 spiro atoms. The SMILES string of the molecule is CCCCCCCCCCCCc1cc2c(-c3ccccc3)c3cc(Br)c(I)cc3c(-c3ccccc3)c2cc1CCCCCCCCCCCC. The minimum absolute atomic E-state index is 1.17. The molecule has 0 saturated heterocycles. The summed E-state index contributed by atoms with van der Waals surface area (Å²) in [5.41, 5.74) is 8.54. The third-order valence-electron chi connectivity index (χ3n) is 11.2. The molecule has 0 aliphatic carbocycles. The van der Waals surface area contributed by atoms with Crippen LogP contribution in [-0.4, -0.2) is 0 Å². The first-order valence-corrected chi connectivity index (χ1v) is 23.0. The highest BCUT2D eigenvalue weighted by atomic mass is 127. The summed E-state index contributed by atoms with van der Waals surface area (Å²) in [6.45, 7) is 4.62. The summed E-state index contributed by atoms with van der Waals surface area (Å²) < 4.78 is 2.42. The first-order chi connectivity index (χ1) is 25.6. The van der Waals surface area contributed by atoms with Crippen LogP contribution in [0.25, 0.3) is 43.8 Å². The van der Waals surface area contributed by atoms with Gasteiger partial charge in [-0.15, -0.1) is 0 Å². The molecule has 278 valence electrons. The lowest BCUT2D eigenvalue weighted by atomic mass is 9.83. The smallest absolute Gasteiger partial charge is 0.0315 e. The van der Waals surface area contributed by atoms with E-state index in [0.717, 1.165) is 0 Å². The molecule has 5 aromatic rings. The lowest BCUT2D eigenvalue weighted by molar-refractivity contribution is 0.553. The molecule has 0 heterocycles. The van der Waals surface area contributed by atoms with Crippen molar-refractivity contribution in [1.29, 1.82) is 0 Å². The number of rotatable bonds is 24. The van der Waals surface area contributed by atoms with Crippen LogP contribution in [0.5, 0.6) is 0 Å². The zero-order chi connectivity index (χ0) is 36.4. The molecule has 0 bridgehead atoms. The summed E-state index contributed by atoms with van der Waals surface area (Å²) in [4.78, 5) is 0. The van der Waals surface area contributed by atoms with Gasteiger partial charge in [-0.2, -0.15) is 0 Å². The van der Waals surface area contributed by atoms with Crippen LogP contribution in [0.3, 0.4) is 0 Å². The summed E-state index contributed by atoms with van der Waals surface area (Å²) in [7, 11) is 0. The Balaban J connectivity index is 1.47. The van der Waals surface area contributed by atoms with E-state index in [4.69, 9.17) is 0 Å². The molecule has 5 rings (SSSR count). The van der Waals surface area contributed by atoms with Gasteiger partial charge in [0.1, 0.15) is 0 Å². The van der Waals surface area contributed by atoms with Gasteiger partial charge in [-0.3, -0.25) is 0 Å². The zero-order valence-corrected chi connectivity index (χ0v) is 36.1. The average Bonchev–Trinajstić information content (AvgIpc) is 3.17. The molecule has 52 heavy (non-hydrogen) atoms. The van der Waals surface area contributed by atoms with Gasteiger partial charge in [0.05, 0.1) is 0 Å². The second-order valence-electron chi connectivity index (χ2n) is 15.3. The molecule has 0 aliphatic heterocycles. The van der Waals surface area contributed by atoms with Crippen molar-refractivity contribution in [2.45, 2.75) is 155 Å². The van der Waals surface area contributed by atoms with Crippen LogP contribution >= 0.6 is 38.5 Å². The number of hydrogen-bond donors (Lipinski definition) is 0. The molecule has 5 aromatic carbocycles. The Labute approximate surface area is 339 Å². The van der Waals surface area contributed by atoms with E-state index in [1.54, 1.807) is 11.1 Å². The van der Waals surface area contributed by atoms with Crippen molar-refractivity contribution in [2.24, 2.45) is 0 Å². The van der Waals surface area contributed by atoms with Gasteiger partial charge in [-0.1, -0.05) is 202 Å². The predicted octanol–water partition coefficient (Wildman–Crippen LogP) is 17.6. The third-order valence-corrected chi connectivity index (χ3v) is 13.5. The van der Waals surface area contributed by atoms with Crippen molar-refractivity contribution in [3.63, 3.8) is 0 Å². The highest BCUT2D eigenvalue weighted by Crippen LogP contribution is 2.46. The average molecular weight is 872 g/mol. The maximum Gasteiger partial charge on any atom is 0.0315 e. The van der Waals surface area contributed by atoms with Crippen LogP contribution in [-0.2, 0) is 12.8 Å². The molecular formula is C50H64BrI. The van der Waals surface area contributed by atoms with E-state index in [1.165, 1.54) is 193 Å². The largest absolute Gasteiger partial charge is 0.0654 e. The summed E-state index contributed by atoms with van der Waals surface area (Å²) in [6.07, 6.45) is 30.0. The molecular weight excluding hydrogens is 807 g/mol. The number of halogens is 2. The Kier molecular flexibility index (Phi) is 18.1. The minimum atomic E-state index is 1.17. The van der Waals surface area contributed by atoms with Gasteiger partial charge in [0.2, 0.25) is 0 Å². The fourth-order valence-corrected chi connectivity index (χ4v) is 9.07. The van der Waals surface area contributed by atoms with E-state index >= 15 is 0 Å². The van der Waals surface area contributed by atoms with E-state index in [-0.39, 0.29) is 0 Å². The van der Waals surface area contributed by atoms with Crippen LogP contribution < -0.4 is 0 Å². The topological polar surface area (TPSA) is 0 Å². The molecule has 0 radical (unpaired) electrons.